The van der Waals surface area contributed by atoms with Gasteiger partial charge in [0.15, 0.2) is 0 Å². The van der Waals surface area contributed by atoms with Crippen LogP contribution in [0.3, 0.4) is 0 Å². The molecule has 0 aromatic heterocycles. The van der Waals surface area contributed by atoms with Crippen molar-refractivity contribution in [1.29, 1.82) is 0 Å². The maximum atomic E-state index is 13.1. The van der Waals surface area contributed by atoms with E-state index >= 15 is 0 Å². The molecule has 0 bridgehead atoms. The Morgan fingerprint density at radius 3 is 2.04 bits per heavy atom. The van der Waals surface area contributed by atoms with Crippen molar-refractivity contribution in [2.45, 2.75) is 20.5 Å². The van der Waals surface area contributed by atoms with Crippen molar-refractivity contribution in [1.82, 2.24) is 4.90 Å². The monoisotopic (exact) mass is 335 g/mol. The minimum absolute atomic E-state index is 0.173. The fourth-order valence-electron chi connectivity index (χ4n) is 2.29. The van der Waals surface area contributed by atoms with Crippen molar-refractivity contribution in [2.24, 2.45) is 0 Å². The standard InChI is InChI=1S/C19H23F2NO2/c1-3-22(4-2)9-10-23-18-7-5-15(6-8-18)14-24-19-12-16(20)11-17(21)13-19/h5-8,11-13H,3-4,9-10,14H2,1-2H3. The summed E-state index contributed by atoms with van der Waals surface area (Å²) < 4.78 is 37.3. The van der Waals surface area contributed by atoms with E-state index in [9.17, 15) is 8.78 Å². The van der Waals surface area contributed by atoms with Crippen LogP contribution in [0.5, 0.6) is 11.5 Å². The molecule has 0 atom stereocenters. The normalized spacial score (nSPS) is 10.9. The summed E-state index contributed by atoms with van der Waals surface area (Å²) in [6, 6.07) is 10.6. The zero-order valence-electron chi connectivity index (χ0n) is 14.1. The molecule has 0 saturated carbocycles. The average molecular weight is 335 g/mol. The van der Waals surface area contributed by atoms with Crippen molar-refractivity contribution in [2.75, 3.05) is 26.2 Å². The number of rotatable bonds is 9. The summed E-state index contributed by atoms with van der Waals surface area (Å²) in [7, 11) is 0. The van der Waals surface area contributed by atoms with E-state index in [0.717, 1.165) is 49.1 Å². The first kappa shape index (κ1) is 18.2. The van der Waals surface area contributed by atoms with Crippen LogP contribution in [-0.2, 0) is 6.61 Å². The van der Waals surface area contributed by atoms with Crippen LogP contribution in [0.1, 0.15) is 19.4 Å². The molecule has 0 fully saturated rings. The van der Waals surface area contributed by atoms with E-state index in [4.69, 9.17) is 9.47 Å². The first-order chi connectivity index (χ1) is 11.6. The Morgan fingerprint density at radius 1 is 0.833 bits per heavy atom. The van der Waals surface area contributed by atoms with Crippen LogP contribution in [0, 0.1) is 11.6 Å². The Bertz CT molecular complexity index is 608. The van der Waals surface area contributed by atoms with E-state index < -0.39 is 11.6 Å². The molecule has 0 spiro atoms. The molecular weight excluding hydrogens is 312 g/mol. The first-order valence-electron chi connectivity index (χ1n) is 8.13. The third-order valence-corrected chi connectivity index (χ3v) is 3.74. The number of halogens is 2. The zero-order valence-corrected chi connectivity index (χ0v) is 14.1. The van der Waals surface area contributed by atoms with Gasteiger partial charge in [0.25, 0.3) is 0 Å². The van der Waals surface area contributed by atoms with Gasteiger partial charge in [-0.25, -0.2) is 8.78 Å². The fraction of sp³-hybridized carbons (Fsp3) is 0.368. The SMILES string of the molecule is CCN(CC)CCOc1ccc(COc2cc(F)cc(F)c2)cc1. The molecule has 0 saturated heterocycles. The summed E-state index contributed by atoms with van der Waals surface area (Å²) in [6.07, 6.45) is 0. The average Bonchev–Trinajstić information content (AvgIpc) is 2.57. The Hall–Kier alpha value is -2.14. The van der Waals surface area contributed by atoms with Crippen molar-refractivity contribution in [3.8, 4) is 11.5 Å². The molecule has 0 heterocycles. The largest absolute Gasteiger partial charge is 0.492 e. The second-order valence-electron chi connectivity index (χ2n) is 5.41. The molecule has 0 aliphatic carbocycles. The lowest BCUT2D eigenvalue weighted by Gasteiger charge is -2.18. The summed E-state index contributed by atoms with van der Waals surface area (Å²) in [4.78, 5) is 2.29. The molecule has 2 aromatic carbocycles. The van der Waals surface area contributed by atoms with Crippen molar-refractivity contribution < 1.29 is 18.3 Å². The van der Waals surface area contributed by atoms with Gasteiger partial charge in [-0.2, -0.15) is 0 Å². The van der Waals surface area contributed by atoms with Crippen molar-refractivity contribution >= 4 is 0 Å². The molecule has 2 rings (SSSR count). The van der Waals surface area contributed by atoms with Gasteiger partial charge in [-0.05, 0) is 30.8 Å². The van der Waals surface area contributed by atoms with Gasteiger partial charge in [-0.1, -0.05) is 26.0 Å². The lowest BCUT2D eigenvalue weighted by atomic mass is 10.2. The molecule has 24 heavy (non-hydrogen) atoms. The third kappa shape index (κ3) is 5.81. The van der Waals surface area contributed by atoms with Gasteiger partial charge >= 0.3 is 0 Å². The van der Waals surface area contributed by atoms with E-state index in [0.29, 0.717) is 6.61 Å². The van der Waals surface area contributed by atoms with E-state index in [-0.39, 0.29) is 12.4 Å². The highest BCUT2D eigenvalue weighted by Crippen LogP contribution is 2.18. The Labute approximate surface area is 141 Å². The Balaban J connectivity index is 1.81. The highest BCUT2D eigenvalue weighted by atomic mass is 19.1. The van der Waals surface area contributed by atoms with E-state index in [1.807, 2.05) is 24.3 Å². The highest BCUT2D eigenvalue weighted by molar-refractivity contribution is 5.28. The van der Waals surface area contributed by atoms with Crippen LogP contribution in [0.2, 0.25) is 0 Å². The third-order valence-electron chi connectivity index (χ3n) is 3.74. The summed E-state index contributed by atoms with van der Waals surface area (Å²) in [5.74, 6) is -0.335. The lowest BCUT2D eigenvalue weighted by Crippen LogP contribution is -2.27. The van der Waals surface area contributed by atoms with Gasteiger partial charge in [-0.15, -0.1) is 0 Å². The molecule has 0 aliphatic heterocycles. The number of hydrogen-bond acceptors (Lipinski definition) is 3. The number of ether oxygens (including phenoxy) is 2. The maximum Gasteiger partial charge on any atom is 0.129 e. The number of hydrogen-bond donors (Lipinski definition) is 0. The predicted molar refractivity (Wildman–Crippen MR) is 90.4 cm³/mol. The number of benzene rings is 2. The van der Waals surface area contributed by atoms with Crippen LogP contribution in [0.4, 0.5) is 8.78 Å². The number of likely N-dealkylation sites (N-methyl/N-ethyl adjacent to an activating group) is 1. The topological polar surface area (TPSA) is 21.7 Å². The Kier molecular flexibility index (Phi) is 7.00. The minimum Gasteiger partial charge on any atom is -0.492 e. The number of nitrogens with zero attached hydrogens (tertiary/aromatic N) is 1. The van der Waals surface area contributed by atoms with Crippen molar-refractivity contribution in [3.63, 3.8) is 0 Å². The Morgan fingerprint density at radius 2 is 1.46 bits per heavy atom. The molecule has 0 aliphatic rings. The molecule has 0 amide bonds. The van der Waals surface area contributed by atoms with E-state index in [2.05, 4.69) is 18.7 Å². The fourth-order valence-corrected chi connectivity index (χ4v) is 2.29. The lowest BCUT2D eigenvalue weighted by molar-refractivity contribution is 0.222. The van der Waals surface area contributed by atoms with E-state index in [1.54, 1.807) is 0 Å². The van der Waals surface area contributed by atoms with Gasteiger partial charge in [-0.3, -0.25) is 0 Å². The maximum absolute atomic E-state index is 13.1. The smallest absolute Gasteiger partial charge is 0.129 e. The highest BCUT2D eigenvalue weighted by Gasteiger charge is 2.03. The van der Waals surface area contributed by atoms with Gasteiger partial charge in [0, 0.05) is 24.7 Å². The molecule has 0 unspecified atom stereocenters. The minimum atomic E-state index is -0.651. The zero-order chi connectivity index (χ0) is 17.4. The summed E-state index contributed by atoms with van der Waals surface area (Å²) in [5, 5.41) is 0. The van der Waals surface area contributed by atoms with Gasteiger partial charge in [0.2, 0.25) is 0 Å². The van der Waals surface area contributed by atoms with Crippen LogP contribution in [0.25, 0.3) is 0 Å². The first-order valence-corrected chi connectivity index (χ1v) is 8.13. The molecule has 0 radical (unpaired) electrons. The van der Waals surface area contributed by atoms with Gasteiger partial charge in [0.05, 0.1) is 0 Å². The molecule has 2 aromatic rings. The summed E-state index contributed by atoms with van der Waals surface area (Å²) >= 11 is 0. The molecular formula is C19H23F2NO2. The van der Waals surface area contributed by atoms with Crippen LogP contribution >= 0.6 is 0 Å². The summed E-state index contributed by atoms with van der Waals surface area (Å²) in [6.45, 7) is 8.05. The van der Waals surface area contributed by atoms with Crippen LogP contribution < -0.4 is 9.47 Å². The van der Waals surface area contributed by atoms with Crippen LogP contribution in [0.15, 0.2) is 42.5 Å². The molecule has 3 nitrogen and oxygen atoms in total. The summed E-state index contributed by atoms with van der Waals surface area (Å²) in [5.41, 5.74) is 0.899. The molecule has 5 heteroatoms. The predicted octanol–water partition coefficient (Wildman–Crippen LogP) is 4.26. The second kappa shape index (κ2) is 9.23. The molecule has 0 N–H and O–H groups in total. The van der Waals surface area contributed by atoms with E-state index in [1.165, 1.54) is 0 Å². The quantitative estimate of drug-likeness (QED) is 0.683. The van der Waals surface area contributed by atoms with Crippen molar-refractivity contribution in [3.05, 3.63) is 59.7 Å². The van der Waals surface area contributed by atoms with Gasteiger partial charge < -0.3 is 14.4 Å². The molecule has 130 valence electrons. The van der Waals surface area contributed by atoms with Gasteiger partial charge in [0.1, 0.15) is 36.3 Å². The van der Waals surface area contributed by atoms with Crippen LogP contribution in [-0.4, -0.2) is 31.1 Å². The second-order valence-corrected chi connectivity index (χ2v) is 5.41.